The van der Waals surface area contributed by atoms with Crippen LogP contribution in [0.3, 0.4) is 0 Å². The highest BCUT2D eigenvalue weighted by molar-refractivity contribution is 7.90. The van der Waals surface area contributed by atoms with E-state index in [1.54, 1.807) is 14.1 Å². The van der Waals surface area contributed by atoms with Gasteiger partial charge in [-0.25, -0.2) is 4.99 Å². The molecule has 0 saturated heterocycles. The normalized spacial score (nSPS) is 11.8. The van der Waals surface area contributed by atoms with Crippen LogP contribution in [0.4, 0.5) is 5.69 Å². The molecule has 0 aliphatic heterocycles. The van der Waals surface area contributed by atoms with Crippen molar-refractivity contribution in [3.8, 4) is 0 Å². The number of nitrogens with zero attached hydrogens (tertiary/aromatic N) is 4. The zero-order valence-corrected chi connectivity index (χ0v) is 17.5. The minimum atomic E-state index is -4.01. The summed E-state index contributed by atoms with van der Waals surface area (Å²) in [5, 5.41) is -0.145. The van der Waals surface area contributed by atoms with E-state index in [1.165, 1.54) is 23.4 Å². The van der Waals surface area contributed by atoms with Gasteiger partial charge in [0.2, 0.25) is 5.29 Å². The van der Waals surface area contributed by atoms with E-state index in [2.05, 4.69) is 14.4 Å². The zero-order chi connectivity index (χ0) is 20.9. The van der Waals surface area contributed by atoms with Crippen LogP contribution in [0.5, 0.6) is 0 Å². The predicted molar refractivity (Wildman–Crippen MR) is 117 cm³/mol. The Morgan fingerprint density at radius 3 is 2.00 bits per heavy atom. The topological polar surface area (TPSA) is 75.0 Å². The van der Waals surface area contributed by atoms with Crippen LogP contribution >= 0.6 is 11.6 Å². The first-order valence-electron chi connectivity index (χ1n) is 8.69. The largest absolute Gasteiger partial charge is 0.352 e. The maximum atomic E-state index is 12.5. The summed E-state index contributed by atoms with van der Waals surface area (Å²) < 4.78 is 28.7. The quantitative estimate of drug-likeness (QED) is 0.349. The van der Waals surface area contributed by atoms with Crippen molar-refractivity contribution >= 4 is 38.3 Å². The van der Waals surface area contributed by atoms with Crippen LogP contribution in [0, 0.1) is 0 Å². The molecule has 0 N–H and O–H groups in total. The fraction of sp³-hybridized carbons (Fsp3) is 0.0952. The van der Waals surface area contributed by atoms with E-state index in [0.717, 1.165) is 11.1 Å². The van der Waals surface area contributed by atoms with Crippen LogP contribution in [0.1, 0.15) is 11.1 Å². The third kappa shape index (κ3) is 5.28. The number of hydrogen-bond donors (Lipinski definition) is 0. The number of rotatable bonds is 5. The third-order valence-electron chi connectivity index (χ3n) is 3.90. The second kappa shape index (κ2) is 8.98. The molecule has 0 bridgehead atoms. The molecule has 3 aromatic rings. The fourth-order valence-corrected chi connectivity index (χ4v) is 3.66. The Morgan fingerprint density at radius 1 is 0.931 bits per heavy atom. The number of pyridine rings is 1. The molecular weight excluding hydrogens is 408 g/mol. The summed E-state index contributed by atoms with van der Waals surface area (Å²) in [7, 11) is -0.803. The van der Waals surface area contributed by atoms with E-state index < -0.39 is 10.0 Å². The number of hydrogen-bond acceptors (Lipinski definition) is 4. The van der Waals surface area contributed by atoms with Crippen LogP contribution in [-0.4, -0.2) is 43.4 Å². The third-order valence-corrected chi connectivity index (χ3v) is 5.65. The van der Waals surface area contributed by atoms with Gasteiger partial charge in [-0.1, -0.05) is 60.7 Å². The first kappa shape index (κ1) is 20.7. The minimum absolute atomic E-state index is 0.0841. The molecule has 1 heterocycles. The number of sulfonamides is 1. The summed E-state index contributed by atoms with van der Waals surface area (Å²) >= 11 is 5.88. The molecule has 0 unspecified atom stereocenters. The monoisotopic (exact) mass is 426 g/mol. The molecule has 0 aliphatic rings. The van der Waals surface area contributed by atoms with E-state index in [-0.39, 0.29) is 10.2 Å². The van der Waals surface area contributed by atoms with Gasteiger partial charge < -0.3 is 4.90 Å². The van der Waals surface area contributed by atoms with Gasteiger partial charge in [0.1, 0.15) is 4.90 Å². The Bertz CT molecular complexity index is 1100. The van der Waals surface area contributed by atoms with Gasteiger partial charge >= 0.3 is 0 Å². The van der Waals surface area contributed by atoms with Gasteiger partial charge in [0.15, 0.2) is 0 Å². The molecule has 2 aromatic carbocycles. The van der Waals surface area contributed by atoms with Gasteiger partial charge in [0, 0.05) is 31.4 Å². The van der Waals surface area contributed by atoms with Crippen molar-refractivity contribution < 1.29 is 8.42 Å². The maximum Gasteiger partial charge on any atom is 0.286 e. The molecule has 6 nitrogen and oxygen atoms in total. The number of amidine groups is 1. The van der Waals surface area contributed by atoms with Crippen LogP contribution < -0.4 is 0 Å². The lowest BCUT2D eigenvalue weighted by molar-refractivity contribution is 0.593. The molecule has 0 saturated carbocycles. The number of aromatic nitrogens is 1. The van der Waals surface area contributed by atoms with Gasteiger partial charge in [0.25, 0.3) is 10.0 Å². The summed E-state index contributed by atoms with van der Waals surface area (Å²) in [6.07, 6.45) is 2.73. The zero-order valence-electron chi connectivity index (χ0n) is 15.9. The van der Waals surface area contributed by atoms with Crippen molar-refractivity contribution in [2.24, 2.45) is 9.39 Å². The van der Waals surface area contributed by atoms with Crippen LogP contribution in [0.2, 0.25) is 0 Å². The van der Waals surface area contributed by atoms with Gasteiger partial charge in [-0.15, -0.1) is 4.40 Å². The molecule has 0 radical (unpaired) electrons. The average Bonchev–Trinajstić information content (AvgIpc) is 2.73. The lowest BCUT2D eigenvalue weighted by atomic mass is 10.0. The van der Waals surface area contributed by atoms with E-state index in [4.69, 9.17) is 11.6 Å². The van der Waals surface area contributed by atoms with Gasteiger partial charge in [0.05, 0.1) is 17.6 Å². The SMILES string of the molecule is CN(C)/C(Cl)=N/S(=O)(=O)c1cncc(N=C(c2ccccc2)c2ccccc2)c1. The second-order valence-electron chi connectivity index (χ2n) is 6.30. The van der Waals surface area contributed by atoms with Crippen LogP contribution in [0.15, 0.2) is 93.4 Å². The molecule has 0 spiro atoms. The lowest BCUT2D eigenvalue weighted by Crippen LogP contribution is -2.17. The Hall–Kier alpha value is -3.03. The highest BCUT2D eigenvalue weighted by Gasteiger charge is 2.16. The number of halogens is 1. The molecule has 0 atom stereocenters. The van der Waals surface area contributed by atoms with E-state index in [1.807, 2.05) is 60.7 Å². The predicted octanol–water partition coefficient (Wildman–Crippen LogP) is 4.10. The molecule has 1 aromatic heterocycles. The highest BCUT2D eigenvalue weighted by Crippen LogP contribution is 2.22. The highest BCUT2D eigenvalue weighted by atomic mass is 35.5. The molecule has 0 aliphatic carbocycles. The summed E-state index contributed by atoms with van der Waals surface area (Å²) in [6.45, 7) is 0. The molecule has 0 amide bonds. The summed E-state index contributed by atoms with van der Waals surface area (Å²) in [5.74, 6) is 0. The first-order valence-corrected chi connectivity index (χ1v) is 10.5. The van der Waals surface area contributed by atoms with E-state index in [0.29, 0.717) is 11.4 Å². The van der Waals surface area contributed by atoms with Crippen molar-refractivity contribution in [2.75, 3.05) is 14.1 Å². The smallest absolute Gasteiger partial charge is 0.286 e. The molecular formula is C21H19ClN4O2S. The summed E-state index contributed by atoms with van der Waals surface area (Å²) in [4.78, 5) is 10.0. The van der Waals surface area contributed by atoms with E-state index in [9.17, 15) is 8.42 Å². The molecule has 8 heteroatoms. The van der Waals surface area contributed by atoms with Gasteiger partial charge in [-0.2, -0.15) is 8.42 Å². The molecule has 0 fully saturated rings. The van der Waals surface area contributed by atoms with Crippen molar-refractivity contribution in [3.63, 3.8) is 0 Å². The minimum Gasteiger partial charge on any atom is -0.352 e. The van der Waals surface area contributed by atoms with Crippen molar-refractivity contribution in [1.82, 2.24) is 9.88 Å². The lowest BCUT2D eigenvalue weighted by Gasteiger charge is -2.09. The standard InChI is InChI=1S/C21H19ClN4O2S/c1-26(2)21(22)25-29(27,28)19-13-18(14-23-15-19)24-20(16-9-5-3-6-10-16)17-11-7-4-8-12-17/h3-15H,1-2H3/b25-21+. The van der Waals surface area contributed by atoms with Gasteiger partial charge in [-0.05, 0) is 17.7 Å². The Morgan fingerprint density at radius 2 is 1.48 bits per heavy atom. The molecule has 29 heavy (non-hydrogen) atoms. The summed E-state index contributed by atoms with van der Waals surface area (Å²) in [6, 6.07) is 20.7. The van der Waals surface area contributed by atoms with Gasteiger partial charge in [-0.3, -0.25) is 4.98 Å². The average molecular weight is 427 g/mol. The number of benzene rings is 2. The maximum absolute atomic E-state index is 12.5. The number of aliphatic imine (C=N–C) groups is 1. The Labute approximate surface area is 175 Å². The van der Waals surface area contributed by atoms with E-state index >= 15 is 0 Å². The molecule has 3 rings (SSSR count). The molecule has 148 valence electrons. The first-order chi connectivity index (χ1) is 13.9. The fourth-order valence-electron chi connectivity index (χ4n) is 2.46. The summed E-state index contributed by atoms with van der Waals surface area (Å²) in [5.41, 5.74) is 2.91. The van der Waals surface area contributed by atoms with Crippen molar-refractivity contribution in [1.29, 1.82) is 0 Å². The van der Waals surface area contributed by atoms with Crippen molar-refractivity contribution in [3.05, 3.63) is 90.3 Å². The van der Waals surface area contributed by atoms with Crippen molar-refractivity contribution in [2.45, 2.75) is 4.90 Å². The Balaban J connectivity index is 2.09. The Kier molecular flexibility index (Phi) is 6.41. The van der Waals surface area contributed by atoms with Crippen LogP contribution in [0.25, 0.3) is 0 Å². The van der Waals surface area contributed by atoms with Crippen LogP contribution in [-0.2, 0) is 10.0 Å². The second-order valence-corrected chi connectivity index (χ2v) is 8.24.